The first kappa shape index (κ1) is 16.4. The number of unbranched alkanes of at least 4 members (excludes halogenated alkanes) is 3. The van der Waals surface area contributed by atoms with Gasteiger partial charge in [0.1, 0.15) is 5.78 Å². The minimum atomic E-state index is 0.216. The van der Waals surface area contributed by atoms with Crippen molar-refractivity contribution < 1.29 is 4.79 Å². The molecule has 100 valence electrons. The van der Waals surface area contributed by atoms with Crippen LogP contribution in [0.1, 0.15) is 65.2 Å². The Hall–Kier alpha value is -0.630. The van der Waals surface area contributed by atoms with E-state index in [1.54, 1.807) is 0 Å². The van der Waals surface area contributed by atoms with E-state index in [-0.39, 0.29) is 12.0 Å². The van der Waals surface area contributed by atoms with E-state index < -0.39 is 0 Å². The summed E-state index contributed by atoms with van der Waals surface area (Å²) in [5.74, 6) is 0.640. The molecule has 0 aliphatic heterocycles. The molecule has 0 amide bonds. The summed E-state index contributed by atoms with van der Waals surface area (Å²) in [5.41, 5.74) is 5.69. The van der Waals surface area contributed by atoms with Gasteiger partial charge in [0.15, 0.2) is 0 Å². The molecule has 2 unspecified atom stereocenters. The molecule has 17 heavy (non-hydrogen) atoms. The first-order valence-corrected chi connectivity index (χ1v) is 6.97. The molecule has 0 rings (SSSR count). The molecular formula is C15H29NO. The molecule has 0 saturated heterocycles. The second kappa shape index (κ2) is 10.5. The van der Waals surface area contributed by atoms with Gasteiger partial charge in [0.2, 0.25) is 0 Å². The normalized spacial score (nSPS) is 14.3. The van der Waals surface area contributed by atoms with Crippen molar-refractivity contribution in [3.05, 3.63) is 12.7 Å². The van der Waals surface area contributed by atoms with E-state index in [1.165, 1.54) is 0 Å². The number of carbonyl (C=O) groups is 1. The van der Waals surface area contributed by atoms with Crippen molar-refractivity contribution in [3.63, 3.8) is 0 Å². The number of hydrogen-bond donors (Lipinski definition) is 1. The van der Waals surface area contributed by atoms with Crippen LogP contribution in [0, 0.1) is 5.92 Å². The van der Waals surface area contributed by atoms with Crippen molar-refractivity contribution in [3.8, 4) is 0 Å². The van der Waals surface area contributed by atoms with Crippen LogP contribution in [0.4, 0.5) is 0 Å². The van der Waals surface area contributed by atoms with Gasteiger partial charge >= 0.3 is 0 Å². The van der Waals surface area contributed by atoms with E-state index in [0.717, 1.165) is 51.4 Å². The van der Waals surface area contributed by atoms with Crippen LogP contribution in [-0.4, -0.2) is 11.8 Å². The molecule has 0 bridgehead atoms. The van der Waals surface area contributed by atoms with Crippen LogP contribution in [0.25, 0.3) is 0 Å². The Morgan fingerprint density at radius 3 is 2.47 bits per heavy atom. The molecule has 0 spiro atoms. The second-order valence-corrected chi connectivity index (χ2v) is 5.16. The van der Waals surface area contributed by atoms with E-state index in [0.29, 0.717) is 5.78 Å². The molecule has 2 heteroatoms. The van der Waals surface area contributed by atoms with Crippen LogP contribution in [0.5, 0.6) is 0 Å². The number of ketones is 1. The molecule has 2 nitrogen and oxygen atoms in total. The van der Waals surface area contributed by atoms with Gasteiger partial charge in [-0.05, 0) is 39.0 Å². The lowest BCUT2D eigenvalue weighted by molar-refractivity contribution is -0.122. The Labute approximate surface area is 107 Å². The van der Waals surface area contributed by atoms with E-state index >= 15 is 0 Å². The van der Waals surface area contributed by atoms with Gasteiger partial charge in [-0.1, -0.05) is 25.8 Å². The molecule has 2 N–H and O–H groups in total. The van der Waals surface area contributed by atoms with Crippen molar-refractivity contribution in [2.45, 2.75) is 71.3 Å². The lowest BCUT2D eigenvalue weighted by atomic mass is 9.94. The number of allylic oxidation sites excluding steroid dienone is 1. The maximum Gasteiger partial charge on any atom is 0.135 e. The summed E-state index contributed by atoms with van der Waals surface area (Å²) >= 11 is 0. The third-order valence-electron chi connectivity index (χ3n) is 3.18. The van der Waals surface area contributed by atoms with E-state index in [4.69, 9.17) is 5.73 Å². The zero-order chi connectivity index (χ0) is 13.1. The Bertz CT molecular complexity index is 211. The average molecular weight is 239 g/mol. The summed E-state index contributed by atoms with van der Waals surface area (Å²) in [5, 5.41) is 0. The largest absolute Gasteiger partial charge is 0.328 e. The molecule has 0 fully saturated rings. The summed E-state index contributed by atoms with van der Waals surface area (Å²) in [6, 6.07) is 0.260. The minimum Gasteiger partial charge on any atom is -0.328 e. The Morgan fingerprint density at radius 2 is 1.88 bits per heavy atom. The zero-order valence-electron chi connectivity index (χ0n) is 11.6. The van der Waals surface area contributed by atoms with Crippen LogP contribution >= 0.6 is 0 Å². The Morgan fingerprint density at radius 1 is 1.18 bits per heavy atom. The Balaban J connectivity index is 3.50. The van der Waals surface area contributed by atoms with Crippen LogP contribution in [0.15, 0.2) is 12.7 Å². The van der Waals surface area contributed by atoms with Gasteiger partial charge in [0.25, 0.3) is 0 Å². The molecule has 0 saturated carbocycles. The fraction of sp³-hybridized carbons (Fsp3) is 0.800. The standard InChI is InChI=1S/C15H29NO/c1-4-5-6-7-8-12-15(17)13(2)10-9-11-14(3)16/h4,13-14H,1,5-12,16H2,2-3H3. The molecular weight excluding hydrogens is 210 g/mol. The van der Waals surface area contributed by atoms with E-state index in [9.17, 15) is 4.79 Å². The number of hydrogen-bond acceptors (Lipinski definition) is 2. The lowest BCUT2D eigenvalue weighted by Crippen LogP contribution is -2.16. The van der Waals surface area contributed by atoms with Gasteiger partial charge in [-0.25, -0.2) is 0 Å². The average Bonchev–Trinajstić information content (AvgIpc) is 2.27. The van der Waals surface area contributed by atoms with Gasteiger partial charge < -0.3 is 5.73 Å². The lowest BCUT2D eigenvalue weighted by Gasteiger charge is -2.11. The van der Waals surface area contributed by atoms with Gasteiger partial charge in [0.05, 0.1) is 0 Å². The third-order valence-corrected chi connectivity index (χ3v) is 3.18. The summed E-state index contributed by atoms with van der Waals surface area (Å²) in [4.78, 5) is 11.8. The van der Waals surface area contributed by atoms with Gasteiger partial charge in [-0.3, -0.25) is 4.79 Å². The molecule has 0 aromatic rings. The predicted molar refractivity (Wildman–Crippen MR) is 75.0 cm³/mol. The van der Waals surface area contributed by atoms with Crippen molar-refractivity contribution >= 4 is 5.78 Å². The Kier molecular flexibility index (Phi) is 10.1. The summed E-state index contributed by atoms with van der Waals surface area (Å²) in [6.45, 7) is 7.76. The zero-order valence-corrected chi connectivity index (χ0v) is 11.6. The highest BCUT2D eigenvalue weighted by Crippen LogP contribution is 2.14. The number of nitrogens with two attached hydrogens (primary N) is 1. The van der Waals surface area contributed by atoms with E-state index in [1.807, 2.05) is 19.9 Å². The van der Waals surface area contributed by atoms with Crippen molar-refractivity contribution in [1.29, 1.82) is 0 Å². The maximum absolute atomic E-state index is 11.8. The third kappa shape index (κ3) is 10.3. The molecule has 0 aromatic carbocycles. The first-order valence-electron chi connectivity index (χ1n) is 6.97. The van der Waals surface area contributed by atoms with Crippen molar-refractivity contribution in [1.82, 2.24) is 0 Å². The minimum absolute atomic E-state index is 0.216. The first-order chi connectivity index (χ1) is 8.07. The van der Waals surface area contributed by atoms with Crippen LogP contribution in [0.3, 0.4) is 0 Å². The van der Waals surface area contributed by atoms with Crippen molar-refractivity contribution in [2.24, 2.45) is 11.7 Å². The smallest absolute Gasteiger partial charge is 0.135 e. The number of rotatable bonds is 11. The molecule has 0 heterocycles. The molecule has 0 aromatic heterocycles. The molecule has 0 aliphatic carbocycles. The van der Waals surface area contributed by atoms with Gasteiger partial charge in [0, 0.05) is 18.4 Å². The summed E-state index contributed by atoms with van der Waals surface area (Å²) in [7, 11) is 0. The van der Waals surface area contributed by atoms with Crippen molar-refractivity contribution in [2.75, 3.05) is 0 Å². The van der Waals surface area contributed by atoms with Gasteiger partial charge in [-0.15, -0.1) is 6.58 Å². The van der Waals surface area contributed by atoms with E-state index in [2.05, 4.69) is 6.58 Å². The highest BCUT2D eigenvalue weighted by Gasteiger charge is 2.12. The SMILES string of the molecule is C=CCCCCCC(=O)C(C)CCCC(C)N. The molecule has 0 aliphatic rings. The summed E-state index contributed by atoms with van der Waals surface area (Å²) < 4.78 is 0. The highest BCUT2D eigenvalue weighted by molar-refractivity contribution is 5.80. The highest BCUT2D eigenvalue weighted by atomic mass is 16.1. The topological polar surface area (TPSA) is 43.1 Å². The second-order valence-electron chi connectivity index (χ2n) is 5.16. The predicted octanol–water partition coefficient (Wildman–Crippen LogP) is 3.85. The van der Waals surface area contributed by atoms with Gasteiger partial charge in [-0.2, -0.15) is 0 Å². The fourth-order valence-corrected chi connectivity index (χ4v) is 1.92. The summed E-state index contributed by atoms with van der Waals surface area (Å²) in [6.07, 6.45) is 10.2. The van der Waals surface area contributed by atoms with Crippen LogP contribution < -0.4 is 5.73 Å². The van der Waals surface area contributed by atoms with Crippen LogP contribution in [-0.2, 0) is 4.79 Å². The maximum atomic E-state index is 11.8. The quantitative estimate of drug-likeness (QED) is 0.439. The monoisotopic (exact) mass is 239 g/mol. The number of carbonyl (C=O) groups excluding carboxylic acids is 1. The fourth-order valence-electron chi connectivity index (χ4n) is 1.92. The van der Waals surface area contributed by atoms with Crippen LogP contribution in [0.2, 0.25) is 0 Å². The molecule has 0 radical (unpaired) electrons. The molecule has 2 atom stereocenters. The number of Topliss-reactive ketones (excluding diaryl/α,β-unsaturated/α-hetero) is 1.